The predicted octanol–water partition coefficient (Wildman–Crippen LogP) is 1.32. The van der Waals surface area contributed by atoms with Crippen LogP contribution in [0, 0.1) is 5.92 Å². The summed E-state index contributed by atoms with van der Waals surface area (Å²) in [6, 6.07) is 11.0. The topological polar surface area (TPSA) is 84.2 Å². The molecule has 1 unspecified atom stereocenters. The van der Waals surface area contributed by atoms with Crippen molar-refractivity contribution < 1.29 is 14.7 Å². The fraction of sp³-hybridized carbons (Fsp3) is 0.214. The Labute approximate surface area is 116 Å². The Kier molecular flexibility index (Phi) is 4.14. The number of carboxylic acid groups (broad SMARTS) is 1. The molecule has 1 heterocycles. The molecule has 104 valence electrons. The zero-order valence-corrected chi connectivity index (χ0v) is 11.0. The van der Waals surface area contributed by atoms with Gasteiger partial charge in [-0.2, -0.15) is 5.10 Å². The van der Waals surface area contributed by atoms with Crippen LogP contribution in [0.3, 0.4) is 0 Å². The van der Waals surface area contributed by atoms with Gasteiger partial charge < -0.3 is 10.4 Å². The molecular weight excluding hydrogens is 258 g/mol. The Morgan fingerprint density at radius 1 is 1.30 bits per heavy atom. The van der Waals surface area contributed by atoms with Gasteiger partial charge in [0.25, 0.3) is 5.91 Å². The number of aromatic nitrogens is 2. The highest BCUT2D eigenvalue weighted by Gasteiger charge is 2.14. The second-order valence-corrected chi connectivity index (χ2v) is 4.43. The number of aliphatic carboxylic acids is 1. The molecule has 2 aromatic rings. The molecule has 2 rings (SSSR count). The first-order valence-electron chi connectivity index (χ1n) is 6.20. The summed E-state index contributed by atoms with van der Waals surface area (Å²) in [6.45, 7) is 1.61. The van der Waals surface area contributed by atoms with Gasteiger partial charge >= 0.3 is 5.97 Å². The lowest BCUT2D eigenvalue weighted by Crippen LogP contribution is -2.31. The number of nitrogens with zero attached hydrogens (tertiary/aromatic N) is 2. The lowest BCUT2D eigenvalue weighted by Gasteiger charge is -2.06. The monoisotopic (exact) mass is 273 g/mol. The number of carboxylic acids is 1. The summed E-state index contributed by atoms with van der Waals surface area (Å²) in [5, 5.41) is 15.5. The van der Waals surface area contributed by atoms with Gasteiger partial charge in [-0.15, -0.1) is 0 Å². The first-order chi connectivity index (χ1) is 9.58. The number of hydrogen-bond donors (Lipinski definition) is 2. The van der Waals surface area contributed by atoms with Crippen molar-refractivity contribution in [1.29, 1.82) is 0 Å². The quantitative estimate of drug-likeness (QED) is 0.860. The van der Waals surface area contributed by atoms with Crippen molar-refractivity contribution in [1.82, 2.24) is 15.1 Å². The van der Waals surface area contributed by atoms with Gasteiger partial charge in [-0.1, -0.05) is 25.1 Å². The molecule has 2 N–H and O–H groups in total. The fourth-order valence-corrected chi connectivity index (χ4v) is 1.59. The van der Waals surface area contributed by atoms with Crippen LogP contribution in [0.5, 0.6) is 0 Å². The number of rotatable bonds is 5. The average molecular weight is 273 g/mol. The van der Waals surface area contributed by atoms with E-state index in [-0.39, 0.29) is 18.1 Å². The van der Waals surface area contributed by atoms with Gasteiger partial charge in [0.05, 0.1) is 11.6 Å². The Morgan fingerprint density at radius 2 is 2.00 bits per heavy atom. The molecule has 0 saturated heterocycles. The summed E-state index contributed by atoms with van der Waals surface area (Å²) >= 11 is 0. The van der Waals surface area contributed by atoms with E-state index in [4.69, 9.17) is 5.11 Å². The van der Waals surface area contributed by atoms with Crippen LogP contribution in [0.15, 0.2) is 42.6 Å². The van der Waals surface area contributed by atoms with Crippen LogP contribution in [0.25, 0.3) is 5.69 Å². The average Bonchev–Trinajstić information content (AvgIpc) is 2.95. The fourth-order valence-electron chi connectivity index (χ4n) is 1.59. The van der Waals surface area contributed by atoms with Crippen molar-refractivity contribution in [3.05, 3.63) is 48.3 Å². The van der Waals surface area contributed by atoms with E-state index in [1.165, 1.54) is 6.92 Å². The minimum atomic E-state index is -0.944. The maximum absolute atomic E-state index is 11.8. The maximum atomic E-state index is 11.8. The van der Waals surface area contributed by atoms with Gasteiger partial charge in [-0.25, -0.2) is 4.68 Å². The van der Waals surface area contributed by atoms with E-state index in [1.807, 2.05) is 30.3 Å². The molecule has 0 bridgehead atoms. The molecule has 0 radical (unpaired) electrons. The van der Waals surface area contributed by atoms with Gasteiger partial charge in [0, 0.05) is 12.7 Å². The molecule has 6 heteroatoms. The number of amides is 1. The number of para-hydroxylation sites is 1. The molecule has 0 fully saturated rings. The standard InChI is InChI=1S/C14H15N3O3/c1-10(14(19)20)9-15-13(18)12-7-8-17(16-12)11-5-3-2-4-6-11/h2-8,10H,9H2,1H3,(H,15,18)(H,19,20). The lowest BCUT2D eigenvalue weighted by molar-refractivity contribution is -0.140. The van der Waals surface area contributed by atoms with E-state index in [1.54, 1.807) is 16.9 Å². The molecular formula is C14H15N3O3. The Hall–Kier alpha value is -2.63. The van der Waals surface area contributed by atoms with E-state index < -0.39 is 11.9 Å². The molecule has 0 spiro atoms. The second kappa shape index (κ2) is 6.01. The maximum Gasteiger partial charge on any atom is 0.308 e. The van der Waals surface area contributed by atoms with Gasteiger partial charge in [0.2, 0.25) is 0 Å². The highest BCUT2D eigenvalue weighted by Crippen LogP contribution is 2.06. The van der Waals surface area contributed by atoms with E-state index >= 15 is 0 Å². The molecule has 0 aliphatic heterocycles. The number of benzene rings is 1. The van der Waals surface area contributed by atoms with E-state index in [0.29, 0.717) is 0 Å². The number of carbonyl (C=O) groups excluding carboxylic acids is 1. The molecule has 1 amide bonds. The highest BCUT2D eigenvalue weighted by atomic mass is 16.4. The van der Waals surface area contributed by atoms with Gasteiger partial charge in [0.1, 0.15) is 0 Å². The van der Waals surface area contributed by atoms with Crippen molar-refractivity contribution in [3.8, 4) is 5.69 Å². The molecule has 0 saturated carbocycles. The minimum absolute atomic E-state index is 0.0758. The Morgan fingerprint density at radius 3 is 2.65 bits per heavy atom. The van der Waals surface area contributed by atoms with Crippen molar-refractivity contribution in [3.63, 3.8) is 0 Å². The lowest BCUT2D eigenvalue weighted by atomic mass is 10.2. The summed E-state index contributed by atoms with van der Waals surface area (Å²) in [5.41, 5.74) is 1.11. The molecule has 6 nitrogen and oxygen atoms in total. The Bertz CT molecular complexity index is 607. The molecule has 20 heavy (non-hydrogen) atoms. The van der Waals surface area contributed by atoms with Crippen molar-refractivity contribution in [2.75, 3.05) is 6.54 Å². The van der Waals surface area contributed by atoms with Crippen molar-refractivity contribution in [2.45, 2.75) is 6.92 Å². The third-order valence-electron chi connectivity index (χ3n) is 2.83. The first-order valence-corrected chi connectivity index (χ1v) is 6.20. The summed E-state index contributed by atoms with van der Waals surface area (Å²) in [5.74, 6) is -1.96. The molecule has 1 aromatic heterocycles. The number of hydrogen-bond acceptors (Lipinski definition) is 3. The first kappa shape index (κ1) is 13.8. The van der Waals surface area contributed by atoms with Crippen LogP contribution in [-0.2, 0) is 4.79 Å². The van der Waals surface area contributed by atoms with Crippen LogP contribution < -0.4 is 5.32 Å². The molecule has 1 atom stereocenters. The third-order valence-corrected chi connectivity index (χ3v) is 2.83. The summed E-state index contributed by atoms with van der Waals surface area (Å²) < 4.78 is 1.59. The normalized spacial score (nSPS) is 11.8. The Balaban J connectivity index is 2.02. The second-order valence-electron chi connectivity index (χ2n) is 4.43. The van der Waals surface area contributed by atoms with Gasteiger partial charge in [-0.05, 0) is 18.2 Å². The van der Waals surface area contributed by atoms with E-state index in [2.05, 4.69) is 10.4 Å². The largest absolute Gasteiger partial charge is 0.481 e. The summed E-state index contributed by atoms with van der Waals surface area (Å²) in [4.78, 5) is 22.5. The number of nitrogens with one attached hydrogen (secondary N) is 1. The zero-order valence-electron chi connectivity index (χ0n) is 11.0. The zero-order chi connectivity index (χ0) is 14.5. The minimum Gasteiger partial charge on any atom is -0.481 e. The van der Waals surface area contributed by atoms with Crippen LogP contribution in [0.4, 0.5) is 0 Å². The van der Waals surface area contributed by atoms with Crippen molar-refractivity contribution >= 4 is 11.9 Å². The van der Waals surface area contributed by atoms with Crippen LogP contribution in [0.1, 0.15) is 17.4 Å². The SMILES string of the molecule is CC(CNC(=O)c1ccn(-c2ccccc2)n1)C(=O)O. The predicted molar refractivity (Wildman–Crippen MR) is 72.7 cm³/mol. The van der Waals surface area contributed by atoms with Gasteiger partial charge in [-0.3, -0.25) is 9.59 Å². The molecule has 0 aliphatic carbocycles. The molecule has 0 aliphatic rings. The van der Waals surface area contributed by atoms with Crippen molar-refractivity contribution in [2.24, 2.45) is 5.92 Å². The van der Waals surface area contributed by atoms with E-state index in [9.17, 15) is 9.59 Å². The molecule has 1 aromatic carbocycles. The highest BCUT2D eigenvalue weighted by molar-refractivity contribution is 5.92. The van der Waals surface area contributed by atoms with E-state index in [0.717, 1.165) is 5.69 Å². The van der Waals surface area contributed by atoms with Gasteiger partial charge in [0.15, 0.2) is 5.69 Å². The van der Waals surface area contributed by atoms with Crippen LogP contribution in [-0.4, -0.2) is 33.3 Å². The summed E-state index contributed by atoms with van der Waals surface area (Å²) in [7, 11) is 0. The number of carbonyl (C=O) groups is 2. The summed E-state index contributed by atoms with van der Waals surface area (Å²) in [6.07, 6.45) is 1.69. The van der Waals surface area contributed by atoms with Crippen LogP contribution >= 0.6 is 0 Å². The van der Waals surface area contributed by atoms with Crippen LogP contribution in [0.2, 0.25) is 0 Å². The smallest absolute Gasteiger partial charge is 0.308 e. The third kappa shape index (κ3) is 3.23.